The van der Waals surface area contributed by atoms with E-state index in [2.05, 4.69) is 22.4 Å². The highest BCUT2D eigenvalue weighted by Crippen LogP contribution is 2.44. The normalized spacial score (nSPS) is 21.4. The number of aliphatic imine (C=N–C) groups is 1. The molecule has 1 amide bonds. The van der Waals surface area contributed by atoms with Crippen LogP contribution in [-0.4, -0.2) is 41.3 Å². The number of carbonyl (C=O) groups excluding carboxylic acids is 2. The lowest BCUT2D eigenvalue weighted by atomic mass is 10.1. The van der Waals surface area contributed by atoms with Gasteiger partial charge >= 0.3 is 5.97 Å². The van der Waals surface area contributed by atoms with Gasteiger partial charge in [0.1, 0.15) is 11.3 Å². The molecule has 1 N–H and O–H groups in total. The molecule has 1 aliphatic carbocycles. The topological polar surface area (TPSA) is 89.9 Å². The molecule has 2 heterocycles. The molecule has 8 heteroatoms. The van der Waals surface area contributed by atoms with Gasteiger partial charge in [0.2, 0.25) is 0 Å². The maximum atomic E-state index is 12.6. The lowest BCUT2D eigenvalue weighted by Gasteiger charge is -2.12. The molecule has 2 fully saturated rings. The third-order valence-corrected chi connectivity index (χ3v) is 6.77. The smallest absolute Gasteiger partial charge is 0.343 e. The first-order valence-electron chi connectivity index (χ1n) is 11.6. The number of benzene rings is 2. The number of nitrogens with zero attached hydrogens (tertiary/aromatic N) is 2. The number of nitrogens with one attached hydrogen (secondary N) is 1. The summed E-state index contributed by atoms with van der Waals surface area (Å²) >= 11 is 1.34. The Kier molecular flexibility index (Phi) is 6.55. The minimum absolute atomic E-state index is 0.172. The summed E-state index contributed by atoms with van der Waals surface area (Å²) in [6, 6.07) is 16.1. The maximum Gasteiger partial charge on any atom is 0.343 e. The standard InChI is InChI=1S/C27H25N3O4S/c1-3-33-24-19-12-16(10-11-21(19)28-15-20(24)26(32)34-4-2)13-23-25(31)30-27(35-23)29-22-14-18(22)17-8-6-5-7-9-17/h5-13,15,18,22H,3-4,14H2,1-2H3,(H,29,30,31)/b23-13-/t18-,22+/m0/s1. The third kappa shape index (κ3) is 4.93. The van der Waals surface area contributed by atoms with Gasteiger partial charge in [-0.15, -0.1) is 0 Å². The van der Waals surface area contributed by atoms with Gasteiger partial charge < -0.3 is 14.8 Å². The second kappa shape index (κ2) is 9.92. The zero-order valence-corrected chi connectivity index (χ0v) is 20.3. The van der Waals surface area contributed by atoms with Crippen LogP contribution in [0.4, 0.5) is 0 Å². The summed E-state index contributed by atoms with van der Waals surface area (Å²) in [5.74, 6) is 0.194. The molecule has 178 valence electrons. The van der Waals surface area contributed by atoms with E-state index in [1.54, 1.807) is 6.92 Å². The fraction of sp³-hybridized carbons (Fsp3) is 0.259. The number of thioether (sulfide) groups is 1. The summed E-state index contributed by atoms with van der Waals surface area (Å²) in [7, 11) is 0. The Labute approximate surface area is 207 Å². The van der Waals surface area contributed by atoms with Crippen LogP contribution in [0.2, 0.25) is 0 Å². The van der Waals surface area contributed by atoms with Crippen LogP contribution in [0.3, 0.4) is 0 Å². The van der Waals surface area contributed by atoms with Crippen LogP contribution in [0.1, 0.15) is 47.7 Å². The number of hydrogen-bond acceptors (Lipinski definition) is 7. The van der Waals surface area contributed by atoms with Crippen LogP contribution in [0.15, 0.2) is 64.6 Å². The zero-order valence-electron chi connectivity index (χ0n) is 19.5. The minimum Gasteiger partial charge on any atom is -0.492 e. The lowest BCUT2D eigenvalue weighted by molar-refractivity contribution is -0.115. The molecule has 0 spiro atoms. The molecule has 2 aliphatic rings. The van der Waals surface area contributed by atoms with E-state index in [4.69, 9.17) is 14.5 Å². The Morgan fingerprint density at radius 3 is 2.80 bits per heavy atom. The number of hydrogen-bond donors (Lipinski definition) is 1. The van der Waals surface area contributed by atoms with Crippen molar-refractivity contribution in [2.75, 3.05) is 13.2 Å². The number of rotatable bonds is 7. The van der Waals surface area contributed by atoms with E-state index in [-0.39, 0.29) is 24.1 Å². The quantitative estimate of drug-likeness (QED) is 0.376. The molecule has 2 aromatic carbocycles. The Hall–Kier alpha value is -3.65. The van der Waals surface area contributed by atoms with Gasteiger partial charge in [0.25, 0.3) is 5.91 Å². The molecular formula is C27H25N3O4S. The Morgan fingerprint density at radius 2 is 2.03 bits per heavy atom. The molecule has 1 saturated heterocycles. The summed E-state index contributed by atoms with van der Waals surface area (Å²) < 4.78 is 11.0. The minimum atomic E-state index is -0.477. The highest BCUT2D eigenvalue weighted by molar-refractivity contribution is 8.18. The second-order valence-electron chi connectivity index (χ2n) is 8.25. The van der Waals surface area contributed by atoms with Gasteiger partial charge in [0.05, 0.1) is 29.7 Å². The van der Waals surface area contributed by atoms with Crippen molar-refractivity contribution >= 4 is 45.8 Å². The van der Waals surface area contributed by atoms with Crippen molar-refractivity contribution in [3.63, 3.8) is 0 Å². The van der Waals surface area contributed by atoms with Crippen molar-refractivity contribution < 1.29 is 19.1 Å². The van der Waals surface area contributed by atoms with Crippen molar-refractivity contribution in [3.05, 3.63) is 76.3 Å². The van der Waals surface area contributed by atoms with Crippen LogP contribution in [0.25, 0.3) is 17.0 Å². The third-order valence-electron chi connectivity index (χ3n) is 5.84. The van der Waals surface area contributed by atoms with Gasteiger partial charge in [-0.1, -0.05) is 36.4 Å². The second-order valence-corrected chi connectivity index (χ2v) is 9.28. The van der Waals surface area contributed by atoms with Gasteiger partial charge in [-0.05, 0) is 61.4 Å². The molecule has 7 nitrogen and oxygen atoms in total. The first-order valence-corrected chi connectivity index (χ1v) is 12.4. The molecule has 1 saturated carbocycles. The highest BCUT2D eigenvalue weighted by Gasteiger charge is 2.39. The van der Waals surface area contributed by atoms with E-state index in [0.29, 0.717) is 39.3 Å². The predicted molar refractivity (Wildman–Crippen MR) is 138 cm³/mol. The number of aromatic nitrogens is 1. The number of esters is 1. The van der Waals surface area contributed by atoms with Crippen molar-refractivity contribution in [2.24, 2.45) is 4.99 Å². The summed E-state index contributed by atoms with van der Waals surface area (Å²) in [6.45, 7) is 4.26. The number of amidine groups is 1. The average molecular weight is 488 g/mol. The van der Waals surface area contributed by atoms with Gasteiger partial charge in [-0.3, -0.25) is 14.8 Å². The molecule has 0 unspecified atom stereocenters. The fourth-order valence-electron chi connectivity index (χ4n) is 4.10. The van der Waals surface area contributed by atoms with Crippen LogP contribution < -0.4 is 10.1 Å². The van der Waals surface area contributed by atoms with E-state index in [1.165, 1.54) is 23.5 Å². The molecule has 35 heavy (non-hydrogen) atoms. The van der Waals surface area contributed by atoms with Crippen LogP contribution in [0.5, 0.6) is 5.75 Å². The Morgan fingerprint density at radius 1 is 1.20 bits per heavy atom. The fourth-order valence-corrected chi connectivity index (χ4v) is 4.98. The SMILES string of the molecule is CCOC(=O)c1cnc2ccc(/C=C3\SC(=N[C@@H]4C[C@H]4c4ccccc4)NC3=O)cc2c1OCC. The maximum absolute atomic E-state index is 12.6. The Balaban J connectivity index is 1.40. The van der Waals surface area contributed by atoms with Crippen LogP contribution in [-0.2, 0) is 9.53 Å². The van der Waals surface area contributed by atoms with E-state index in [1.807, 2.05) is 49.4 Å². The highest BCUT2D eigenvalue weighted by atomic mass is 32.2. The average Bonchev–Trinajstić information content (AvgIpc) is 3.55. The van der Waals surface area contributed by atoms with Crippen molar-refractivity contribution in [2.45, 2.75) is 32.2 Å². The largest absolute Gasteiger partial charge is 0.492 e. The summed E-state index contributed by atoms with van der Waals surface area (Å²) in [4.78, 5) is 34.7. The first kappa shape index (κ1) is 23.1. The molecule has 2 atom stereocenters. The molecule has 1 aromatic heterocycles. The summed E-state index contributed by atoms with van der Waals surface area (Å²) in [5, 5.41) is 4.20. The van der Waals surface area contributed by atoms with Crippen molar-refractivity contribution in [1.29, 1.82) is 0 Å². The van der Waals surface area contributed by atoms with Crippen molar-refractivity contribution in [3.8, 4) is 5.75 Å². The van der Waals surface area contributed by atoms with Crippen LogP contribution in [0, 0.1) is 0 Å². The number of pyridine rings is 1. The molecule has 5 rings (SSSR count). The van der Waals surface area contributed by atoms with Gasteiger partial charge in [-0.2, -0.15) is 0 Å². The number of ether oxygens (including phenoxy) is 2. The lowest BCUT2D eigenvalue weighted by Crippen LogP contribution is -2.20. The Bertz CT molecular complexity index is 1350. The monoisotopic (exact) mass is 487 g/mol. The van der Waals surface area contributed by atoms with Gasteiger partial charge in [0.15, 0.2) is 5.17 Å². The van der Waals surface area contributed by atoms with Gasteiger partial charge in [-0.25, -0.2) is 4.79 Å². The molecule has 1 aliphatic heterocycles. The van der Waals surface area contributed by atoms with E-state index in [0.717, 1.165) is 12.0 Å². The first-order chi connectivity index (χ1) is 17.1. The van der Waals surface area contributed by atoms with Crippen molar-refractivity contribution in [1.82, 2.24) is 10.3 Å². The molecule has 0 bridgehead atoms. The summed E-state index contributed by atoms with van der Waals surface area (Å²) in [6.07, 6.45) is 4.28. The van der Waals surface area contributed by atoms with E-state index >= 15 is 0 Å². The number of amides is 1. The molecular weight excluding hydrogens is 462 g/mol. The van der Waals surface area contributed by atoms with Gasteiger partial charge in [0, 0.05) is 17.5 Å². The number of fused-ring (bicyclic) bond motifs is 1. The molecule has 0 radical (unpaired) electrons. The predicted octanol–water partition coefficient (Wildman–Crippen LogP) is 4.93. The van der Waals surface area contributed by atoms with E-state index < -0.39 is 5.97 Å². The van der Waals surface area contributed by atoms with Crippen LogP contribution >= 0.6 is 11.8 Å². The summed E-state index contributed by atoms with van der Waals surface area (Å²) in [5.41, 5.74) is 3.05. The number of carbonyl (C=O) groups is 2. The van der Waals surface area contributed by atoms with E-state index in [9.17, 15) is 9.59 Å². The zero-order chi connectivity index (χ0) is 24.4. The molecule has 3 aromatic rings.